The number of aromatic nitrogens is 2. The average molecular weight is 357 g/mol. The number of benzene rings is 1. The van der Waals surface area contributed by atoms with Crippen molar-refractivity contribution in [1.29, 1.82) is 0 Å². The van der Waals surface area contributed by atoms with Gasteiger partial charge in [-0.25, -0.2) is 17.6 Å². The van der Waals surface area contributed by atoms with Crippen LogP contribution in [-0.2, 0) is 23.7 Å². The van der Waals surface area contributed by atoms with Crippen molar-refractivity contribution >= 4 is 33.4 Å². The van der Waals surface area contributed by atoms with Gasteiger partial charge in [-0.15, -0.1) is 0 Å². The molecule has 1 aromatic carbocycles. The molecule has 0 atom stereocenters. The van der Waals surface area contributed by atoms with E-state index >= 15 is 0 Å². The monoisotopic (exact) mass is 356 g/mol. The van der Waals surface area contributed by atoms with Crippen LogP contribution in [-0.4, -0.2) is 23.3 Å². The van der Waals surface area contributed by atoms with Crippen molar-refractivity contribution in [2.75, 3.05) is 5.75 Å². The number of halogens is 1. The SMILES string of the molecule is C[n+]1ccn(CCCCS(=O)(=O)[O-])c1N=Nc1ccc(Cl)cc1. The molecular formula is C14H17ClN4O3S. The summed E-state index contributed by atoms with van der Waals surface area (Å²) < 4.78 is 35.4. The molecular weight excluding hydrogens is 340 g/mol. The first-order valence-electron chi connectivity index (χ1n) is 7.01. The molecule has 9 heteroatoms. The highest BCUT2D eigenvalue weighted by Crippen LogP contribution is 2.19. The highest BCUT2D eigenvalue weighted by molar-refractivity contribution is 7.85. The quantitative estimate of drug-likeness (QED) is 0.330. The van der Waals surface area contributed by atoms with Gasteiger partial charge in [0.15, 0.2) is 0 Å². The second-order valence-electron chi connectivity index (χ2n) is 5.05. The van der Waals surface area contributed by atoms with Crippen LogP contribution >= 0.6 is 11.6 Å². The highest BCUT2D eigenvalue weighted by Gasteiger charge is 2.14. The van der Waals surface area contributed by atoms with E-state index in [1.807, 2.05) is 28.6 Å². The maximum atomic E-state index is 10.6. The highest BCUT2D eigenvalue weighted by atomic mass is 35.5. The van der Waals surface area contributed by atoms with Crippen molar-refractivity contribution in [3.63, 3.8) is 0 Å². The van der Waals surface area contributed by atoms with Crippen molar-refractivity contribution in [3.8, 4) is 0 Å². The predicted octanol–water partition coefficient (Wildman–Crippen LogP) is 2.71. The summed E-state index contributed by atoms with van der Waals surface area (Å²) in [6, 6.07) is 6.99. The minimum absolute atomic E-state index is 0.321. The van der Waals surface area contributed by atoms with Gasteiger partial charge in [-0.1, -0.05) is 16.7 Å². The second-order valence-corrected chi connectivity index (χ2v) is 7.01. The molecule has 0 saturated heterocycles. The van der Waals surface area contributed by atoms with E-state index in [2.05, 4.69) is 10.2 Å². The number of hydrogen-bond donors (Lipinski definition) is 0. The first-order valence-corrected chi connectivity index (χ1v) is 8.96. The number of nitrogens with zero attached hydrogens (tertiary/aromatic N) is 4. The number of imidazole rings is 1. The molecule has 1 heterocycles. The van der Waals surface area contributed by atoms with Gasteiger partial charge in [-0.3, -0.25) is 0 Å². The molecule has 0 amide bonds. The van der Waals surface area contributed by atoms with Crippen LogP contribution in [0.2, 0.25) is 5.02 Å². The number of azo groups is 1. The van der Waals surface area contributed by atoms with Gasteiger partial charge < -0.3 is 4.55 Å². The van der Waals surface area contributed by atoms with Crippen LogP contribution in [0.1, 0.15) is 12.8 Å². The van der Waals surface area contributed by atoms with E-state index in [0.717, 1.165) is 0 Å². The summed E-state index contributed by atoms with van der Waals surface area (Å²) in [6.45, 7) is 0.561. The van der Waals surface area contributed by atoms with Crippen molar-refractivity contribution in [2.24, 2.45) is 17.3 Å². The van der Waals surface area contributed by atoms with E-state index in [-0.39, 0.29) is 5.75 Å². The first-order chi connectivity index (χ1) is 10.8. The summed E-state index contributed by atoms with van der Waals surface area (Å²) in [5.41, 5.74) is 0.680. The Kier molecular flexibility index (Phi) is 5.86. The molecule has 0 radical (unpaired) electrons. The van der Waals surface area contributed by atoms with E-state index in [0.29, 0.717) is 36.0 Å². The van der Waals surface area contributed by atoms with Gasteiger partial charge in [0.1, 0.15) is 5.69 Å². The molecule has 23 heavy (non-hydrogen) atoms. The fourth-order valence-corrected chi connectivity index (χ4v) is 2.67. The maximum Gasteiger partial charge on any atom is 0.421 e. The van der Waals surface area contributed by atoms with Gasteiger partial charge in [-0.2, -0.15) is 0 Å². The summed E-state index contributed by atoms with van der Waals surface area (Å²) in [7, 11) is -2.31. The van der Waals surface area contributed by atoms with Crippen LogP contribution in [0.5, 0.6) is 0 Å². The van der Waals surface area contributed by atoms with E-state index in [9.17, 15) is 13.0 Å². The zero-order valence-electron chi connectivity index (χ0n) is 12.6. The van der Waals surface area contributed by atoms with Crippen LogP contribution in [0, 0.1) is 0 Å². The van der Waals surface area contributed by atoms with Crippen LogP contribution in [0.15, 0.2) is 46.9 Å². The molecule has 2 rings (SSSR count). The van der Waals surface area contributed by atoms with E-state index in [1.165, 1.54) is 0 Å². The zero-order chi connectivity index (χ0) is 16.9. The van der Waals surface area contributed by atoms with E-state index in [1.54, 1.807) is 24.3 Å². The zero-order valence-corrected chi connectivity index (χ0v) is 14.2. The van der Waals surface area contributed by atoms with Crippen molar-refractivity contribution in [3.05, 3.63) is 41.7 Å². The summed E-state index contributed by atoms with van der Waals surface area (Å²) >= 11 is 5.82. The Balaban J connectivity index is 2.02. The summed E-state index contributed by atoms with van der Waals surface area (Å²) in [5, 5.41) is 9.01. The average Bonchev–Trinajstić information content (AvgIpc) is 2.83. The molecule has 2 aromatic rings. The lowest BCUT2D eigenvalue weighted by Gasteiger charge is -2.05. The van der Waals surface area contributed by atoms with Crippen LogP contribution in [0.4, 0.5) is 11.6 Å². The third kappa shape index (κ3) is 5.74. The Morgan fingerprint density at radius 2 is 1.91 bits per heavy atom. The summed E-state index contributed by atoms with van der Waals surface area (Å²) in [6.07, 6.45) is 4.56. The molecule has 7 nitrogen and oxygen atoms in total. The lowest BCUT2D eigenvalue weighted by molar-refractivity contribution is -0.657. The minimum Gasteiger partial charge on any atom is -0.748 e. The normalized spacial score (nSPS) is 12.1. The third-order valence-electron chi connectivity index (χ3n) is 3.17. The fraction of sp³-hybridized carbons (Fsp3) is 0.357. The van der Waals surface area contributed by atoms with Crippen LogP contribution < -0.4 is 4.57 Å². The standard InChI is InChI=1S/C14H17ClN4O3S/c1-18-9-10-19(8-2-3-11-23(20,21)22)14(18)17-16-13-6-4-12(15)5-7-13/h4-7,9-10H,2-3,8,11H2,1H3. The molecule has 0 saturated carbocycles. The lowest BCUT2D eigenvalue weighted by atomic mass is 10.3. The Morgan fingerprint density at radius 3 is 2.57 bits per heavy atom. The Bertz CT molecular complexity index is 785. The Morgan fingerprint density at radius 1 is 1.22 bits per heavy atom. The Labute approximate surface area is 140 Å². The van der Waals surface area contributed by atoms with Crippen molar-refractivity contribution in [2.45, 2.75) is 19.4 Å². The van der Waals surface area contributed by atoms with Gasteiger partial charge in [0, 0.05) is 15.9 Å². The van der Waals surface area contributed by atoms with Crippen molar-refractivity contribution in [1.82, 2.24) is 4.57 Å². The summed E-state index contributed by atoms with van der Waals surface area (Å²) in [4.78, 5) is 0. The largest absolute Gasteiger partial charge is 0.748 e. The van der Waals surface area contributed by atoms with Gasteiger partial charge in [0.2, 0.25) is 0 Å². The van der Waals surface area contributed by atoms with E-state index in [4.69, 9.17) is 11.6 Å². The molecule has 1 aromatic heterocycles. The molecule has 0 N–H and O–H groups in total. The van der Waals surface area contributed by atoms with Gasteiger partial charge in [0.25, 0.3) is 0 Å². The third-order valence-corrected chi connectivity index (χ3v) is 4.21. The topological polar surface area (TPSA) is 90.7 Å². The van der Waals surface area contributed by atoms with Gasteiger partial charge >= 0.3 is 5.95 Å². The number of aryl methyl sites for hydroxylation is 2. The molecule has 0 aliphatic carbocycles. The summed E-state index contributed by atoms with van der Waals surface area (Å²) in [5.74, 6) is 0.284. The van der Waals surface area contributed by atoms with Crippen LogP contribution in [0.3, 0.4) is 0 Å². The van der Waals surface area contributed by atoms with Crippen molar-refractivity contribution < 1.29 is 17.5 Å². The Hall–Kier alpha value is -1.77. The van der Waals surface area contributed by atoms with Crippen LogP contribution in [0.25, 0.3) is 0 Å². The van der Waals surface area contributed by atoms with E-state index < -0.39 is 10.1 Å². The fourth-order valence-electron chi connectivity index (χ4n) is 1.99. The predicted molar refractivity (Wildman–Crippen MR) is 85.0 cm³/mol. The molecule has 0 aliphatic rings. The molecule has 0 bridgehead atoms. The number of rotatable bonds is 7. The maximum absolute atomic E-state index is 10.6. The molecule has 0 aliphatic heterocycles. The smallest absolute Gasteiger partial charge is 0.421 e. The van der Waals surface area contributed by atoms with Gasteiger partial charge in [0.05, 0.1) is 36.1 Å². The minimum atomic E-state index is -4.15. The lowest BCUT2D eigenvalue weighted by Crippen LogP contribution is -2.25. The van der Waals surface area contributed by atoms with Gasteiger partial charge in [-0.05, 0) is 37.1 Å². The molecule has 0 fully saturated rings. The molecule has 0 spiro atoms. The molecule has 124 valence electrons. The number of unbranched alkanes of at least 4 members (excludes halogenated alkanes) is 1. The first kappa shape index (κ1) is 17.6. The number of hydrogen-bond acceptors (Lipinski definition) is 5. The second kappa shape index (κ2) is 7.67. The molecule has 0 unspecified atom stereocenters.